The predicted molar refractivity (Wildman–Crippen MR) is 67.3 cm³/mol. The van der Waals surface area contributed by atoms with Gasteiger partial charge in [0.15, 0.2) is 0 Å². The lowest BCUT2D eigenvalue weighted by Gasteiger charge is -2.23. The van der Waals surface area contributed by atoms with Crippen LogP contribution in [0.3, 0.4) is 0 Å². The molecule has 0 spiro atoms. The Labute approximate surface area is 97.1 Å². The first-order valence-corrected chi connectivity index (χ1v) is 5.65. The third-order valence-electron chi connectivity index (χ3n) is 2.80. The van der Waals surface area contributed by atoms with Crippen molar-refractivity contribution in [3.8, 4) is 0 Å². The molecule has 0 bridgehead atoms. The Morgan fingerprint density at radius 3 is 2.88 bits per heavy atom. The summed E-state index contributed by atoms with van der Waals surface area (Å²) in [7, 11) is 2.13. The number of hydrogen-bond donors (Lipinski definition) is 2. The SMILES string of the molecule is CCC(C)N(C)CCNc1cc(N)ncn1. The van der Waals surface area contributed by atoms with Gasteiger partial charge in [-0.3, -0.25) is 0 Å². The van der Waals surface area contributed by atoms with Gasteiger partial charge in [0.1, 0.15) is 18.0 Å². The van der Waals surface area contributed by atoms with E-state index < -0.39 is 0 Å². The van der Waals surface area contributed by atoms with Crippen molar-refractivity contribution in [1.29, 1.82) is 0 Å². The van der Waals surface area contributed by atoms with Gasteiger partial charge in [-0.05, 0) is 20.4 Å². The van der Waals surface area contributed by atoms with Crippen LogP contribution in [-0.4, -0.2) is 41.0 Å². The highest BCUT2D eigenvalue weighted by atomic mass is 15.1. The Hall–Kier alpha value is -1.36. The molecule has 0 saturated carbocycles. The highest BCUT2D eigenvalue weighted by Crippen LogP contribution is 2.04. The van der Waals surface area contributed by atoms with Crippen LogP contribution < -0.4 is 11.1 Å². The highest BCUT2D eigenvalue weighted by Gasteiger charge is 2.05. The number of nitrogens with one attached hydrogen (secondary N) is 1. The van der Waals surface area contributed by atoms with E-state index in [0.717, 1.165) is 25.3 Å². The molecule has 0 saturated heterocycles. The van der Waals surface area contributed by atoms with Crippen molar-refractivity contribution in [3.63, 3.8) is 0 Å². The molecule has 0 fully saturated rings. The molecular weight excluding hydrogens is 202 g/mol. The third kappa shape index (κ3) is 4.02. The van der Waals surface area contributed by atoms with Crippen LogP contribution in [0.25, 0.3) is 0 Å². The van der Waals surface area contributed by atoms with Gasteiger partial charge in [0, 0.05) is 25.2 Å². The number of hydrogen-bond acceptors (Lipinski definition) is 5. The molecule has 0 aliphatic carbocycles. The molecule has 16 heavy (non-hydrogen) atoms. The Balaban J connectivity index is 2.30. The second kappa shape index (κ2) is 6.27. The molecule has 0 aliphatic heterocycles. The Morgan fingerprint density at radius 1 is 1.50 bits per heavy atom. The minimum atomic E-state index is 0.493. The number of aromatic nitrogens is 2. The molecule has 5 heteroatoms. The number of likely N-dealkylation sites (N-methyl/N-ethyl adjacent to an activating group) is 1. The van der Waals surface area contributed by atoms with Gasteiger partial charge in [0.25, 0.3) is 0 Å². The smallest absolute Gasteiger partial charge is 0.131 e. The van der Waals surface area contributed by atoms with E-state index in [1.54, 1.807) is 6.07 Å². The number of nitrogens with two attached hydrogens (primary N) is 1. The van der Waals surface area contributed by atoms with Gasteiger partial charge in [-0.2, -0.15) is 0 Å². The van der Waals surface area contributed by atoms with Gasteiger partial charge in [-0.1, -0.05) is 6.92 Å². The van der Waals surface area contributed by atoms with E-state index in [2.05, 4.69) is 41.1 Å². The lowest BCUT2D eigenvalue weighted by atomic mass is 10.2. The average Bonchev–Trinajstić information content (AvgIpc) is 2.28. The maximum absolute atomic E-state index is 5.56. The van der Waals surface area contributed by atoms with Crippen LogP contribution in [0.4, 0.5) is 11.6 Å². The molecule has 0 amide bonds. The van der Waals surface area contributed by atoms with Gasteiger partial charge in [-0.25, -0.2) is 9.97 Å². The summed E-state index contributed by atoms with van der Waals surface area (Å²) in [6, 6.07) is 2.35. The molecule has 1 rings (SSSR count). The Morgan fingerprint density at radius 2 is 2.25 bits per heavy atom. The van der Waals surface area contributed by atoms with Crippen LogP contribution in [-0.2, 0) is 0 Å². The second-order valence-electron chi connectivity index (χ2n) is 3.99. The summed E-state index contributed by atoms with van der Waals surface area (Å²) >= 11 is 0. The molecule has 1 unspecified atom stereocenters. The molecule has 90 valence electrons. The number of nitrogens with zero attached hydrogens (tertiary/aromatic N) is 3. The van der Waals surface area contributed by atoms with Crippen LogP contribution in [0.15, 0.2) is 12.4 Å². The minimum absolute atomic E-state index is 0.493. The fourth-order valence-electron chi connectivity index (χ4n) is 1.36. The quantitative estimate of drug-likeness (QED) is 0.758. The van der Waals surface area contributed by atoms with Gasteiger partial charge in [0.05, 0.1) is 0 Å². The summed E-state index contributed by atoms with van der Waals surface area (Å²) < 4.78 is 0. The first-order chi connectivity index (χ1) is 7.63. The normalized spacial score (nSPS) is 12.8. The second-order valence-corrected chi connectivity index (χ2v) is 3.99. The van der Waals surface area contributed by atoms with Crippen LogP contribution in [0.5, 0.6) is 0 Å². The summed E-state index contributed by atoms with van der Waals surface area (Å²) in [5.74, 6) is 1.28. The van der Waals surface area contributed by atoms with Gasteiger partial charge < -0.3 is 16.0 Å². The third-order valence-corrected chi connectivity index (χ3v) is 2.80. The highest BCUT2D eigenvalue weighted by molar-refractivity contribution is 5.43. The zero-order valence-corrected chi connectivity index (χ0v) is 10.3. The Kier molecular flexibility index (Phi) is 4.98. The number of rotatable bonds is 6. The number of nitrogen functional groups attached to an aromatic ring is 1. The van der Waals surface area contributed by atoms with Crippen molar-refractivity contribution in [1.82, 2.24) is 14.9 Å². The fraction of sp³-hybridized carbons (Fsp3) is 0.636. The first-order valence-electron chi connectivity index (χ1n) is 5.65. The number of anilines is 2. The standard InChI is InChI=1S/C11H21N5/c1-4-9(2)16(3)6-5-13-11-7-10(12)14-8-15-11/h7-9H,4-6H2,1-3H3,(H3,12,13,14,15). The first kappa shape index (κ1) is 12.7. The van der Waals surface area contributed by atoms with Gasteiger partial charge >= 0.3 is 0 Å². The molecule has 0 aromatic carbocycles. The van der Waals surface area contributed by atoms with Crippen molar-refractivity contribution in [3.05, 3.63) is 12.4 Å². The average molecular weight is 223 g/mol. The zero-order valence-electron chi connectivity index (χ0n) is 10.3. The molecule has 1 heterocycles. The van der Waals surface area contributed by atoms with E-state index in [4.69, 9.17) is 5.73 Å². The van der Waals surface area contributed by atoms with E-state index in [1.807, 2.05) is 0 Å². The maximum Gasteiger partial charge on any atom is 0.131 e. The summed E-state index contributed by atoms with van der Waals surface area (Å²) in [4.78, 5) is 10.2. The largest absolute Gasteiger partial charge is 0.384 e. The minimum Gasteiger partial charge on any atom is -0.384 e. The van der Waals surface area contributed by atoms with Crippen molar-refractivity contribution in [2.24, 2.45) is 0 Å². The summed E-state index contributed by atoms with van der Waals surface area (Å²) in [5, 5.41) is 3.22. The van der Waals surface area contributed by atoms with Crippen LogP contribution >= 0.6 is 0 Å². The van der Waals surface area contributed by atoms with E-state index in [-0.39, 0.29) is 0 Å². The van der Waals surface area contributed by atoms with Crippen LogP contribution in [0.2, 0.25) is 0 Å². The zero-order chi connectivity index (χ0) is 12.0. The van der Waals surface area contributed by atoms with Crippen LogP contribution in [0, 0.1) is 0 Å². The van der Waals surface area contributed by atoms with Gasteiger partial charge in [0.2, 0.25) is 0 Å². The van der Waals surface area contributed by atoms with Crippen molar-refractivity contribution >= 4 is 11.6 Å². The Bertz CT molecular complexity index is 315. The van der Waals surface area contributed by atoms with Crippen LogP contribution in [0.1, 0.15) is 20.3 Å². The maximum atomic E-state index is 5.56. The van der Waals surface area contributed by atoms with Crippen molar-refractivity contribution in [2.75, 3.05) is 31.2 Å². The fourth-order valence-corrected chi connectivity index (χ4v) is 1.36. The summed E-state index contributed by atoms with van der Waals surface area (Å²) in [6.07, 6.45) is 2.63. The summed E-state index contributed by atoms with van der Waals surface area (Å²) in [5.41, 5.74) is 5.56. The molecule has 1 aromatic rings. The van der Waals surface area contributed by atoms with E-state index >= 15 is 0 Å². The topological polar surface area (TPSA) is 67.1 Å². The van der Waals surface area contributed by atoms with E-state index in [1.165, 1.54) is 6.33 Å². The summed E-state index contributed by atoms with van der Waals surface area (Å²) in [6.45, 7) is 6.26. The molecule has 1 aromatic heterocycles. The monoisotopic (exact) mass is 223 g/mol. The lowest BCUT2D eigenvalue weighted by Crippen LogP contribution is -2.32. The molecule has 1 atom stereocenters. The molecule has 5 nitrogen and oxygen atoms in total. The van der Waals surface area contributed by atoms with Crippen molar-refractivity contribution in [2.45, 2.75) is 26.3 Å². The molecule has 0 aliphatic rings. The molecule has 3 N–H and O–H groups in total. The van der Waals surface area contributed by atoms with E-state index in [9.17, 15) is 0 Å². The van der Waals surface area contributed by atoms with E-state index in [0.29, 0.717) is 11.9 Å². The van der Waals surface area contributed by atoms with Gasteiger partial charge in [-0.15, -0.1) is 0 Å². The molecular formula is C11H21N5. The predicted octanol–water partition coefficient (Wildman–Crippen LogP) is 1.20. The molecule has 0 radical (unpaired) electrons. The van der Waals surface area contributed by atoms with Crippen molar-refractivity contribution < 1.29 is 0 Å². The lowest BCUT2D eigenvalue weighted by molar-refractivity contribution is 0.261.